The van der Waals surface area contributed by atoms with Crippen LogP contribution in [0.1, 0.15) is 29.6 Å². The zero-order valence-electron chi connectivity index (χ0n) is 14.9. The van der Waals surface area contributed by atoms with Crippen LogP contribution < -0.4 is 10.1 Å². The van der Waals surface area contributed by atoms with Gasteiger partial charge in [-0.3, -0.25) is 4.79 Å². The molecule has 0 spiro atoms. The normalized spacial score (nSPS) is 23.3. The van der Waals surface area contributed by atoms with Crippen LogP contribution >= 0.6 is 0 Å². The van der Waals surface area contributed by atoms with Gasteiger partial charge in [0, 0.05) is 31.7 Å². The zero-order valence-corrected chi connectivity index (χ0v) is 15.8. The van der Waals surface area contributed by atoms with E-state index in [0.717, 1.165) is 12.8 Å². The molecular weight excluding hydrogens is 376 g/mol. The monoisotopic (exact) mass is 398 g/mol. The van der Waals surface area contributed by atoms with E-state index in [0.29, 0.717) is 13.1 Å². The highest BCUT2D eigenvalue weighted by molar-refractivity contribution is 7.89. The number of ether oxygens (including phenoxy) is 2. The van der Waals surface area contributed by atoms with Gasteiger partial charge in [0.15, 0.2) is 5.54 Å². The van der Waals surface area contributed by atoms with E-state index in [2.05, 4.69) is 5.32 Å². The number of amides is 1. The largest absolute Gasteiger partial charge is 0.495 e. The SMILES string of the molecule is COc1ccc(C(=O)NC2(C(=O)O)CCOC2)cc1S(=O)(=O)N1CCCC1. The summed E-state index contributed by atoms with van der Waals surface area (Å²) in [4.78, 5) is 24.1. The van der Waals surface area contributed by atoms with Crippen LogP contribution in [0.25, 0.3) is 0 Å². The van der Waals surface area contributed by atoms with E-state index in [1.165, 1.54) is 29.6 Å². The summed E-state index contributed by atoms with van der Waals surface area (Å²) < 4.78 is 37.5. The fourth-order valence-corrected chi connectivity index (χ4v) is 4.96. The molecule has 10 heteroatoms. The molecular formula is C17H22N2O7S. The van der Waals surface area contributed by atoms with E-state index in [4.69, 9.17) is 9.47 Å². The first-order valence-corrected chi connectivity index (χ1v) is 10.1. The molecule has 0 saturated carbocycles. The first kappa shape index (κ1) is 19.6. The Morgan fingerprint density at radius 2 is 2.00 bits per heavy atom. The average Bonchev–Trinajstić information content (AvgIpc) is 3.34. The molecule has 2 aliphatic rings. The van der Waals surface area contributed by atoms with E-state index in [-0.39, 0.29) is 35.8 Å². The van der Waals surface area contributed by atoms with Gasteiger partial charge >= 0.3 is 5.97 Å². The van der Waals surface area contributed by atoms with Crippen LogP contribution in [-0.2, 0) is 19.6 Å². The third kappa shape index (κ3) is 3.64. The van der Waals surface area contributed by atoms with Gasteiger partial charge in [-0.25, -0.2) is 13.2 Å². The highest BCUT2D eigenvalue weighted by Crippen LogP contribution is 2.30. The van der Waals surface area contributed by atoms with Crippen molar-refractivity contribution >= 4 is 21.9 Å². The van der Waals surface area contributed by atoms with Crippen LogP contribution in [0.3, 0.4) is 0 Å². The number of carbonyl (C=O) groups is 2. The molecule has 0 aromatic heterocycles. The van der Waals surface area contributed by atoms with E-state index >= 15 is 0 Å². The Morgan fingerprint density at radius 3 is 2.56 bits per heavy atom. The summed E-state index contributed by atoms with van der Waals surface area (Å²) in [7, 11) is -2.45. The summed E-state index contributed by atoms with van der Waals surface area (Å²) in [5.41, 5.74) is -1.47. The number of rotatable bonds is 6. The number of methoxy groups -OCH3 is 1. The second-order valence-corrected chi connectivity index (χ2v) is 8.53. The van der Waals surface area contributed by atoms with Gasteiger partial charge in [0.2, 0.25) is 10.0 Å². The Hall–Kier alpha value is -2.17. The molecule has 2 aliphatic heterocycles. The summed E-state index contributed by atoms with van der Waals surface area (Å²) >= 11 is 0. The van der Waals surface area contributed by atoms with Gasteiger partial charge in [0.25, 0.3) is 5.91 Å². The van der Waals surface area contributed by atoms with Gasteiger partial charge < -0.3 is 19.9 Å². The van der Waals surface area contributed by atoms with Crippen molar-refractivity contribution in [3.63, 3.8) is 0 Å². The topological polar surface area (TPSA) is 122 Å². The van der Waals surface area contributed by atoms with E-state index in [1.54, 1.807) is 0 Å². The summed E-state index contributed by atoms with van der Waals surface area (Å²) in [6.45, 7) is 0.926. The van der Waals surface area contributed by atoms with Crippen molar-refractivity contribution in [3.05, 3.63) is 23.8 Å². The average molecular weight is 398 g/mol. The fraction of sp³-hybridized carbons (Fsp3) is 0.529. The van der Waals surface area contributed by atoms with Crippen LogP contribution in [0.15, 0.2) is 23.1 Å². The molecule has 0 radical (unpaired) electrons. The van der Waals surface area contributed by atoms with Crippen LogP contribution in [-0.4, -0.2) is 68.7 Å². The van der Waals surface area contributed by atoms with Crippen molar-refractivity contribution in [1.29, 1.82) is 0 Å². The van der Waals surface area contributed by atoms with Crippen LogP contribution in [0.2, 0.25) is 0 Å². The number of nitrogens with zero attached hydrogens (tertiary/aromatic N) is 1. The lowest BCUT2D eigenvalue weighted by molar-refractivity contribution is -0.144. The Balaban J connectivity index is 1.93. The number of aliphatic carboxylic acids is 1. The minimum Gasteiger partial charge on any atom is -0.495 e. The molecule has 0 aliphatic carbocycles. The fourth-order valence-electron chi connectivity index (χ4n) is 3.26. The van der Waals surface area contributed by atoms with Gasteiger partial charge in [-0.05, 0) is 31.0 Å². The lowest BCUT2D eigenvalue weighted by atomic mass is 9.98. The molecule has 3 rings (SSSR count). The van der Waals surface area contributed by atoms with Gasteiger partial charge in [0.1, 0.15) is 10.6 Å². The second-order valence-electron chi connectivity index (χ2n) is 6.62. The maximum atomic E-state index is 12.9. The first-order valence-electron chi connectivity index (χ1n) is 8.62. The minimum absolute atomic E-state index is 0.0427. The van der Waals surface area contributed by atoms with E-state index in [1.807, 2.05) is 0 Å². The van der Waals surface area contributed by atoms with Crippen molar-refractivity contribution in [3.8, 4) is 5.75 Å². The maximum Gasteiger partial charge on any atom is 0.331 e. The van der Waals surface area contributed by atoms with Crippen molar-refractivity contribution in [2.45, 2.75) is 29.7 Å². The maximum absolute atomic E-state index is 12.9. The van der Waals surface area contributed by atoms with Crippen LogP contribution in [0, 0.1) is 0 Å². The summed E-state index contributed by atoms with van der Waals surface area (Å²) in [5.74, 6) is -1.73. The molecule has 2 N–H and O–H groups in total. The highest BCUT2D eigenvalue weighted by Gasteiger charge is 2.44. The Morgan fingerprint density at radius 1 is 1.30 bits per heavy atom. The molecule has 1 atom stereocenters. The van der Waals surface area contributed by atoms with Crippen molar-refractivity contribution in [1.82, 2.24) is 9.62 Å². The van der Waals surface area contributed by atoms with Crippen LogP contribution in [0.4, 0.5) is 0 Å². The predicted molar refractivity (Wildman–Crippen MR) is 94.3 cm³/mol. The smallest absolute Gasteiger partial charge is 0.331 e. The standard InChI is InChI=1S/C17H22N2O7S/c1-25-13-5-4-12(10-14(13)27(23,24)19-7-2-3-8-19)15(20)18-17(16(21)22)6-9-26-11-17/h4-5,10H,2-3,6-9,11H2,1H3,(H,18,20)(H,21,22). The second kappa shape index (κ2) is 7.45. The number of nitrogens with one attached hydrogen (secondary N) is 1. The van der Waals surface area contributed by atoms with Crippen molar-refractivity contribution in [2.75, 3.05) is 33.4 Å². The first-order chi connectivity index (χ1) is 12.8. The molecule has 1 aromatic carbocycles. The molecule has 2 fully saturated rings. The van der Waals surface area contributed by atoms with Crippen molar-refractivity contribution < 1.29 is 32.6 Å². The van der Waals surface area contributed by atoms with Gasteiger partial charge in [-0.1, -0.05) is 0 Å². The predicted octanol–water partition coefficient (Wildman–Crippen LogP) is 0.453. The van der Waals surface area contributed by atoms with Gasteiger partial charge in [-0.2, -0.15) is 4.31 Å². The van der Waals surface area contributed by atoms with Crippen molar-refractivity contribution in [2.24, 2.45) is 0 Å². The Labute approximate surface area is 157 Å². The number of sulfonamides is 1. The van der Waals surface area contributed by atoms with Gasteiger partial charge in [0.05, 0.1) is 13.7 Å². The number of carbonyl (C=O) groups excluding carboxylic acids is 1. The number of benzene rings is 1. The molecule has 2 saturated heterocycles. The van der Waals surface area contributed by atoms with E-state index < -0.39 is 27.4 Å². The minimum atomic E-state index is -3.81. The molecule has 2 heterocycles. The lowest BCUT2D eigenvalue weighted by Crippen LogP contribution is -2.55. The Kier molecular flexibility index (Phi) is 5.41. The summed E-state index contributed by atoms with van der Waals surface area (Å²) in [6.07, 6.45) is 1.70. The molecule has 1 unspecified atom stereocenters. The third-order valence-corrected chi connectivity index (χ3v) is 6.81. The highest BCUT2D eigenvalue weighted by atomic mass is 32.2. The summed E-state index contributed by atoms with van der Waals surface area (Å²) in [6, 6.07) is 4.03. The number of carboxylic acid groups (broad SMARTS) is 1. The molecule has 9 nitrogen and oxygen atoms in total. The Bertz CT molecular complexity index is 841. The molecule has 27 heavy (non-hydrogen) atoms. The number of hydrogen-bond donors (Lipinski definition) is 2. The molecule has 148 valence electrons. The molecule has 1 aromatic rings. The zero-order chi connectivity index (χ0) is 19.7. The summed E-state index contributed by atoms with van der Waals surface area (Å²) in [5, 5.41) is 11.9. The third-order valence-electron chi connectivity index (χ3n) is 4.89. The number of carboxylic acids is 1. The molecule has 0 bridgehead atoms. The molecule has 1 amide bonds. The quantitative estimate of drug-likeness (QED) is 0.713. The van der Waals surface area contributed by atoms with E-state index in [9.17, 15) is 23.1 Å². The lowest BCUT2D eigenvalue weighted by Gasteiger charge is -2.24. The number of hydrogen-bond acceptors (Lipinski definition) is 6. The van der Waals surface area contributed by atoms with Gasteiger partial charge in [-0.15, -0.1) is 0 Å². The van der Waals surface area contributed by atoms with Crippen LogP contribution in [0.5, 0.6) is 5.75 Å².